The van der Waals surface area contributed by atoms with Gasteiger partial charge in [0.2, 0.25) is 11.8 Å². The summed E-state index contributed by atoms with van der Waals surface area (Å²) in [6, 6.07) is 13.7. The maximum atomic E-state index is 11.1. The van der Waals surface area contributed by atoms with Gasteiger partial charge in [0, 0.05) is 19.5 Å². The van der Waals surface area contributed by atoms with Crippen LogP contribution in [0.5, 0.6) is 0 Å². The second-order valence-electron chi connectivity index (χ2n) is 4.55. The van der Waals surface area contributed by atoms with Gasteiger partial charge >= 0.3 is 0 Å². The minimum Gasteiger partial charge on any atom is -0.326 e. The topological polar surface area (TPSA) is 58.2 Å². The predicted octanol–water partition coefficient (Wildman–Crippen LogP) is 3.72. The van der Waals surface area contributed by atoms with Crippen LogP contribution in [0.2, 0.25) is 5.02 Å². The molecule has 107 valence electrons. The Labute approximate surface area is 128 Å². The number of carbonyl (C=O) groups excluding carboxylic acids is 2. The van der Waals surface area contributed by atoms with Crippen molar-refractivity contribution in [1.29, 1.82) is 0 Å². The second-order valence-corrected chi connectivity index (χ2v) is 4.96. The first-order chi connectivity index (χ1) is 9.95. The molecule has 2 amide bonds. The lowest BCUT2D eigenvalue weighted by Crippen LogP contribution is -2.06. The fourth-order valence-electron chi connectivity index (χ4n) is 1.89. The molecule has 0 aliphatic heterocycles. The molecule has 0 aromatic heterocycles. The summed E-state index contributed by atoms with van der Waals surface area (Å²) >= 11 is 6.15. The first-order valence-electron chi connectivity index (χ1n) is 6.32. The van der Waals surface area contributed by atoms with Crippen LogP contribution in [0.15, 0.2) is 36.4 Å². The molecule has 0 fully saturated rings. The van der Waals surface area contributed by atoms with Gasteiger partial charge in [-0.15, -0.1) is 0 Å². The van der Waals surface area contributed by atoms with Gasteiger partial charge in [-0.25, -0.2) is 0 Å². The minimum atomic E-state index is -0.177. The zero-order valence-electron chi connectivity index (χ0n) is 11.7. The van der Waals surface area contributed by atoms with E-state index in [0.717, 1.165) is 11.1 Å². The van der Waals surface area contributed by atoms with E-state index in [-0.39, 0.29) is 11.8 Å². The summed E-state index contributed by atoms with van der Waals surface area (Å²) in [5.74, 6) is -0.310. The SMILES string of the molecule is CC(=O)Nc1cc[c]c(-c2ccc(NC(C)=O)c(Cl)c2)c1. The summed E-state index contributed by atoms with van der Waals surface area (Å²) in [6.07, 6.45) is 0. The first kappa shape index (κ1) is 15.1. The zero-order chi connectivity index (χ0) is 15.4. The molecule has 2 aromatic carbocycles. The lowest BCUT2D eigenvalue weighted by atomic mass is 10.0. The van der Waals surface area contributed by atoms with Crippen molar-refractivity contribution < 1.29 is 9.59 Å². The van der Waals surface area contributed by atoms with Crippen molar-refractivity contribution in [3.63, 3.8) is 0 Å². The number of nitrogens with one attached hydrogen (secondary N) is 2. The Balaban J connectivity index is 2.32. The van der Waals surface area contributed by atoms with Crippen LogP contribution >= 0.6 is 11.6 Å². The molecule has 0 heterocycles. The van der Waals surface area contributed by atoms with Crippen LogP contribution in [0.1, 0.15) is 13.8 Å². The van der Waals surface area contributed by atoms with Crippen LogP contribution in [-0.4, -0.2) is 11.8 Å². The highest BCUT2D eigenvalue weighted by Crippen LogP contribution is 2.29. The summed E-state index contributed by atoms with van der Waals surface area (Å²) in [6.45, 7) is 2.88. The Morgan fingerprint density at radius 1 is 1.05 bits per heavy atom. The average Bonchev–Trinajstić information content (AvgIpc) is 2.40. The largest absolute Gasteiger partial charge is 0.326 e. The molecular formula is C16H14ClN2O2. The van der Waals surface area contributed by atoms with Crippen LogP contribution in [0.25, 0.3) is 11.1 Å². The van der Waals surface area contributed by atoms with Crippen molar-refractivity contribution in [3.05, 3.63) is 47.5 Å². The highest BCUT2D eigenvalue weighted by molar-refractivity contribution is 6.34. The van der Waals surface area contributed by atoms with Crippen LogP contribution in [0.3, 0.4) is 0 Å². The first-order valence-corrected chi connectivity index (χ1v) is 6.70. The standard InChI is InChI=1S/C16H14ClN2O2/c1-10(20)18-14-5-3-4-12(8-14)13-6-7-16(15(17)9-13)19-11(2)21/h3,5-9H,1-2H3,(H,18,20)(H,19,21). The van der Waals surface area contributed by atoms with Crippen molar-refractivity contribution in [2.24, 2.45) is 0 Å². The van der Waals surface area contributed by atoms with Crippen molar-refractivity contribution in [1.82, 2.24) is 0 Å². The minimum absolute atomic E-state index is 0.133. The van der Waals surface area contributed by atoms with Crippen LogP contribution in [0.4, 0.5) is 11.4 Å². The van der Waals surface area contributed by atoms with Crippen LogP contribution < -0.4 is 10.6 Å². The van der Waals surface area contributed by atoms with Gasteiger partial charge in [0.1, 0.15) is 0 Å². The molecule has 21 heavy (non-hydrogen) atoms. The Kier molecular flexibility index (Phi) is 4.60. The van der Waals surface area contributed by atoms with E-state index in [4.69, 9.17) is 11.6 Å². The molecule has 0 atom stereocenters. The Hall–Kier alpha value is -2.33. The number of amides is 2. The van der Waals surface area contributed by atoms with Gasteiger partial charge in [-0.3, -0.25) is 9.59 Å². The van der Waals surface area contributed by atoms with Crippen molar-refractivity contribution >= 4 is 34.8 Å². The maximum absolute atomic E-state index is 11.1. The number of hydrogen-bond donors (Lipinski definition) is 2. The van der Waals surface area contributed by atoms with E-state index in [1.165, 1.54) is 13.8 Å². The smallest absolute Gasteiger partial charge is 0.221 e. The number of carbonyl (C=O) groups is 2. The third-order valence-corrected chi connectivity index (χ3v) is 3.03. The molecule has 2 aromatic rings. The summed E-state index contributed by atoms with van der Waals surface area (Å²) in [7, 11) is 0. The number of halogens is 1. The molecule has 0 saturated carbocycles. The molecule has 1 radical (unpaired) electrons. The van der Waals surface area contributed by atoms with Gasteiger partial charge in [0.25, 0.3) is 0 Å². The molecule has 0 aliphatic rings. The van der Waals surface area contributed by atoms with E-state index >= 15 is 0 Å². The van der Waals surface area contributed by atoms with Crippen LogP contribution in [0, 0.1) is 6.07 Å². The van der Waals surface area contributed by atoms with Gasteiger partial charge in [-0.1, -0.05) is 23.7 Å². The normalized spacial score (nSPS) is 10.0. The fourth-order valence-corrected chi connectivity index (χ4v) is 2.12. The third kappa shape index (κ3) is 4.07. The van der Waals surface area contributed by atoms with Gasteiger partial charge in [0.05, 0.1) is 10.7 Å². The van der Waals surface area contributed by atoms with E-state index < -0.39 is 0 Å². The third-order valence-electron chi connectivity index (χ3n) is 2.71. The molecule has 4 nitrogen and oxygen atoms in total. The highest BCUT2D eigenvalue weighted by Gasteiger charge is 2.06. The van der Waals surface area contributed by atoms with E-state index in [9.17, 15) is 9.59 Å². The summed E-state index contributed by atoms with van der Waals surface area (Å²) < 4.78 is 0. The molecule has 0 saturated heterocycles. The lowest BCUT2D eigenvalue weighted by molar-refractivity contribution is -0.115. The highest BCUT2D eigenvalue weighted by atomic mass is 35.5. The van der Waals surface area contributed by atoms with Gasteiger partial charge < -0.3 is 10.6 Å². The van der Waals surface area contributed by atoms with Gasteiger partial charge in [0.15, 0.2) is 0 Å². The molecule has 0 bridgehead atoms. The van der Waals surface area contributed by atoms with Gasteiger partial charge in [-0.05, 0) is 41.5 Å². The molecule has 0 aliphatic carbocycles. The lowest BCUT2D eigenvalue weighted by Gasteiger charge is -2.09. The average molecular weight is 302 g/mol. The van der Waals surface area contributed by atoms with E-state index in [1.807, 2.05) is 12.1 Å². The predicted molar refractivity (Wildman–Crippen MR) is 84.3 cm³/mol. The molecule has 0 unspecified atom stereocenters. The van der Waals surface area contributed by atoms with Crippen molar-refractivity contribution in [2.45, 2.75) is 13.8 Å². The van der Waals surface area contributed by atoms with Crippen LogP contribution in [-0.2, 0) is 9.59 Å². The summed E-state index contributed by atoms with van der Waals surface area (Å²) in [5, 5.41) is 5.81. The van der Waals surface area contributed by atoms with E-state index in [2.05, 4.69) is 16.7 Å². The number of anilines is 2. The van der Waals surface area contributed by atoms with E-state index in [0.29, 0.717) is 16.4 Å². The fraction of sp³-hybridized carbons (Fsp3) is 0.125. The number of hydrogen-bond acceptors (Lipinski definition) is 2. The Morgan fingerprint density at radius 2 is 1.76 bits per heavy atom. The molecule has 2 rings (SSSR count). The number of benzene rings is 2. The van der Waals surface area contributed by atoms with Crippen molar-refractivity contribution in [3.8, 4) is 11.1 Å². The number of rotatable bonds is 3. The zero-order valence-corrected chi connectivity index (χ0v) is 12.4. The monoisotopic (exact) mass is 301 g/mol. The molecule has 5 heteroatoms. The summed E-state index contributed by atoms with van der Waals surface area (Å²) in [4.78, 5) is 22.1. The van der Waals surface area contributed by atoms with Crippen molar-refractivity contribution in [2.75, 3.05) is 10.6 Å². The Bertz CT molecular complexity index is 698. The molecule has 0 spiro atoms. The van der Waals surface area contributed by atoms with E-state index in [1.54, 1.807) is 24.3 Å². The van der Waals surface area contributed by atoms with Gasteiger partial charge in [-0.2, -0.15) is 0 Å². The second kappa shape index (κ2) is 6.41. The maximum Gasteiger partial charge on any atom is 0.221 e. The molecular weight excluding hydrogens is 288 g/mol. The quantitative estimate of drug-likeness (QED) is 0.907. The molecule has 2 N–H and O–H groups in total. The summed E-state index contributed by atoms with van der Waals surface area (Å²) in [5.41, 5.74) is 2.91. The Morgan fingerprint density at radius 3 is 2.38 bits per heavy atom.